The van der Waals surface area contributed by atoms with Crippen molar-refractivity contribution >= 4 is 29.2 Å². The topological polar surface area (TPSA) is 37.8 Å². The molecular weight excluding hydrogens is 230 g/mol. The molecule has 0 aliphatic heterocycles. The van der Waals surface area contributed by atoms with Gasteiger partial charge in [0, 0.05) is 6.54 Å². The second kappa shape index (κ2) is 7.77. The molecule has 1 aromatic heterocycles. The third-order valence-electron chi connectivity index (χ3n) is 1.96. The van der Waals surface area contributed by atoms with Crippen molar-refractivity contribution in [1.29, 1.82) is 0 Å². The van der Waals surface area contributed by atoms with Crippen LogP contribution in [0.3, 0.4) is 0 Å². The van der Waals surface area contributed by atoms with Gasteiger partial charge in [0.2, 0.25) is 0 Å². The van der Waals surface area contributed by atoms with Crippen LogP contribution in [-0.4, -0.2) is 28.8 Å². The average Bonchev–Trinajstić information content (AvgIpc) is 2.26. The molecule has 0 amide bonds. The summed E-state index contributed by atoms with van der Waals surface area (Å²) in [4.78, 5) is 0. The van der Waals surface area contributed by atoms with Crippen LogP contribution in [-0.2, 0) is 0 Å². The Morgan fingerprint density at radius 1 is 1.27 bits per heavy atom. The van der Waals surface area contributed by atoms with Gasteiger partial charge in [0.1, 0.15) is 5.82 Å². The van der Waals surface area contributed by atoms with Crippen LogP contribution in [0.15, 0.2) is 12.1 Å². The number of hydrogen-bond donors (Lipinski definition) is 1. The number of rotatable bonds is 7. The van der Waals surface area contributed by atoms with Crippen molar-refractivity contribution in [2.45, 2.75) is 19.3 Å². The highest BCUT2D eigenvalue weighted by Crippen LogP contribution is 2.07. The summed E-state index contributed by atoms with van der Waals surface area (Å²) in [6, 6.07) is 3.59. The number of nitrogens with one attached hydrogen (secondary N) is 1. The Morgan fingerprint density at radius 2 is 2.13 bits per heavy atom. The number of thioether (sulfide) groups is 1. The van der Waals surface area contributed by atoms with Gasteiger partial charge in [-0.1, -0.05) is 18.0 Å². The SMILES string of the molecule is CSCCCCCNc1ccc(Cl)nn1. The van der Waals surface area contributed by atoms with E-state index in [1.807, 2.05) is 17.8 Å². The molecule has 0 bridgehead atoms. The standard InChI is InChI=1S/C10H16ClN3S/c1-15-8-4-2-3-7-12-10-6-5-9(11)13-14-10/h5-6H,2-4,7-8H2,1H3,(H,12,14). The van der Waals surface area contributed by atoms with E-state index in [0.717, 1.165) is 12.4 Å². The Labute approximate surface area is 100 Å². The third kappa shape index (κ3) is 5.85. The highest BCUT2D eigenvalue weighted by molar-refractivity contribution is 7.98. The van der Waals surface area contributed by atoms with Crippen LogP contribution >= 0.6 is 23.4 Å². The molecule has 1 aromatic rings. The summed E-state index contributed by atoms with van der Waals surface area (Å²) in [7, 11) is 0. The van der Waals surface area contributed by atoms with Gasteiger partial charge < -0.3 is 5.32 Å². The van der Waals surface area contributed by atoms with E-state index in [1.165, 1.54) is 25.0 Å². The summed E-state index contributed by atoms with van der Waals surface area (Å²) >= 11 is 7.53. The normalized spacial score (nSPS) is 10.3. The lowest BCUT2D eigenvalue weighted by Crippen LogP contribution is -2.03. The molecule has 0 aliphatic rings. The molecule has 0 saturated carbocycles. The van der Waals surface area contributed by atoms with E-state index in [2.05, 4.69) is 21.8 Å². The summed E-state index contributed by atoms with van der Waals surface area (Å²) in [6.45, 7) is 0.949. The molecule has 0 spiro atoms. The van der Waals surface area contributed by atoms with E-state index in [0.29, 0.717) is 5.15 Å². The van der Waals surface area contributed by atoms with Gasteiger partial charge in [0.25, 0.3) is 0 Å². The lowest BCUT2D eigenvalue weighted by atomic mass is 10.2. The maximum Gasteiger partial charge on any atom is 0.151 e. The summed E-state index contributed by atoms with van der Waals surface area (Å²) in [6.07, 6.45) is 5.86. The largest absolute Gasteiger partial charge is 0.369 e. The smallest absolute Gasteiger partial charge is 0.151 e. The van der Waals surface area contributed by atoms with Gasteiger partial charge in [-0.2, -0.15) is 11.8 Å². The first kappa shape index (κ1) is 12.6. The highest BCUT2D eigenvalue weighted by atomic mass is 35.5. The second-order valence-corrected chi connectivity index (χ2v) is 4.59. The molecule has 5 heteroatoms. The van der Waals surface area contributed by atoms with Crippen LogP contribution in [0.4, 0.5) is 5.82 Å². The summed E-state index contributed by atoms with van der Waals surface area (Å²) in [5.74, 6) is 2.05. The molecule has 84 valence electrons. The zero-order chi connectivity index (χ0) is 10.9. The molecular formula is C10H16ClN3S. The molecule has 1 heterocycles. The lowest BCUT2D eigenvalue weighted by Gasteiger charge is -2.03. The second-order valence-electron chi connectivity index (χ2n) is 3.22. The number of aromatic nitrogens is 2. The van der Waals surface area contributed by atoms with Crippen molar-refractivity contribution in [2.75, 3.05) is 23.9 Å². The maximum atomic E-state index is 5.63. The van der Waals surface area contributed by atoms with E-state index in [-0.39, 0.29) is 0 Å². The van der Waals surface area contributed by atoms with Gasteiger partial charge >= 0.3 is 0 Å². The van der Waals surface area contributed by atoms with Gasteiger partial charge in [-0.25, -0.2) is 0 Å². The summed E-state index contributed by atoms with van der Waals surface area (Å²) in [5.41, 5.74) is 0. The zero-order valence-corrected chi connectivity index (χ0v) is 10.4. The molecule has 1 N–H and O–H groups in total. The molecule has 0 aromatic carbocycles. The van der Waals surface area contributed by atoms with Gasteiger partial charge in [0.15, 0.2) is 5.15 Å². The van der Waals surface area contributed by atoms with Gasteiger partial charge in [-0.3, -0.25) is 0 Å². The van der Waals surface area contributed by atoms with E-state index in [1.54, 1.807) is 6.07 Å². The van der Waals surface area contributed by atoms with Gasteiger partial charge in [-0.15, -0.1) is 10.2 Å². The first-order valence-electron chi connectivity index (χ1n) is 5.05. The maximum absolute atomic E-state index is 5.63. The first-order chi connectivity index (χ1) is 7.33. The van der Waals surface area contributed by atoms with Crippen LogP contribution in [0.25, 0.3) is 0 Å². The van der Waals surface area contributed by atoms with Gasteiger partial charge in [0.05, 0.1) is 0 Å². The molecule has 0 saturated heterocycles. The van der Waals surface area contributed by atoms with Crippen molar-refractivity contribution in [3.8, 4) is 0 Å². The predicted octanol–water partition coefficient (Wildman–Crippen LogP) is 3.08. The number of halogens is 1. The minimum atomic E-state index is 0.431. The van der Waals surface area contributed by atoms with Crippen LogP contribution in [0.2, 0.25) is 5.15 Å². The van der Waals surface area contributed by atoms with Crippen molar-refractivity contribution in [1.82, 2.24) is 10.2 Å². The average molecular weight is 246 g/mol. The first-order valence-corrected chi connectivity index (χ1v) is 6.82. The van der Waals surface area contributed by atoms with Crippen LogP contribution in [0.1, 0.15) is 19.3 Å². The fourth-order valence-corrected chi connectivity index (χ4v) is 1.77. The number of hydrogen-bond acceptors (Lipinski definition) is 4. The zero-order valence-electron chi connectivity index (χ0n) is 8.87. The molecule has 0 radical (unpaired) electrons. The van der Waals surface area contributed by atoms with Crippen molar-refractivity contribution in [2.24, 2.45) is 0 Å². The van der Waals surface area contributed by atoms with Crippen LogP contribution in [0, 0.1) is 0 Å². The summed E-state index contributed by atoms with van der Waals surface area (Å²) in [5, 5.41) is 11.3. The van der Waals surface area contributed by atoms with Crippen molar-refractivity contribution < 1.29 is 0 Å². The Kier molecular flexibility index (Phi) is 6.52. The predicted molar refractivity (Wildman–Crippen MR) is 67.8 cm³/mol. The Morgan fingerprint density at radius 3 is 2.80 bits per heavy atom. The molecule has 15 heavy (non-hydrogen) atoms. The monoisotopic (exact) mass is 245 g/mol. The number of nitrogens with zero attached hydrogens (tertiary/aromatic N) is 2. The Bertz CT molecular complexity index is 266. The van der Waals surface area contributed by atoms with Crippen LogP contribution < -0.4 is 5.32 Å². The molecule has 0 aliphatic carbocycles. The third-order valence-corrected chi connectivity index (χ3v) is 2.86. The molecule has 0 fully saturated rings. The lowest BCUT2D eigenvalue weighted by molar-refractivity contribution is 0.747. The van der Waals surface area contributed by atoms with E-state index in [9.17, 15) is 0 Å². The quantitative estimate of drug-likeness (QED) is 0.750. The fourth-order valence-electron chi connectivity index (χ4n) is 1.17. The van der Waals surface area contributed by atoms with Crippen LogP contribution in [0.5, 0.6) is 0 Å². The number of anilines is 1. The summed E-state index contributed by atoms with van der Waals surface area (Å²) < 4.78 is 0. The highest BCUT2D eigenvalue weighted by Gasteiger charge is 1.94. The Balaban J connectivity index is 2.07. The Hall–Kier alpha value is -0.480. The van der Waals surface area contributed by atoms with Crippen molar-refractivity contribution in [3.63, 3.8) is 0 Å². The minimum Gasteiger partial charge on any atom is -0.369 e. The number of unbranched alkanes of at least 4 members (excludes halogenated alkanes) is 2. The van der Waals surface area contributed by atoms with E-state index in [4.69, 9.17) is 11.6 Å². The van der Waals surface area contributed by atoms with Crippen molar-refractivity contribution in [3.05, 3.63) is 17.3 Å². The fraction of sp³-hybridized carbons (Fsp3) is 0.600. The molecule has 0 atom stereocenters. The minimum absolute atomic E-state index is 0.431. The van der Waals surface area contributed by atoms with Gasteiger partial charge in [-0.05, 0) is 37.0 Å². The van der Waals surface area contributed by atoms with E-state index >= 15 is 0 Å². The molecule has 3 nitrogen and oxygen atoms in total. The van der Waals surface area contributed by atoms with E-state index < -0.39 is 0 Å². The molecule has 1 rings (SSSR count). The molecule has 0 unspecified atom stereocenters.